The van der Waals surface area contributed by atoms with Crippen LogP contribution in [0.3, 0.4) is 0 Å². The normalized spacial score (nSPS) is 10.8. The molecule has 18 heavy (non-hydrogen) atoms. The van der Waals surface area contributed by atoms with Crippen molar-refractivity contribution in [2.45, 2.75) is 13.5 Å². The predicted molar refractivity (Wildman–Crippen MR) is 64.8 cm³/mol. The maximum Gasteiger partial charge on any atom is 0.339 e. The summed E-state index contributed by atoms with van der Waals surface area (Å²) in [5.41, 5.74) is 0.211. The van der Waals surface area contributed by atoms with E-state index in [0.29, 0.717) is 44.4 Å². The van der Waals surface area contributed by atoms with Crippen molar-refractivity contribution in [3.63, 3.8) is 0 Å². The zero-order valence-corrected chi connectivity index (χ0v) is 10.7. The molecule has 0 aromatic carbocycles. The Balaban J connectivity index is 2.19. The Morgan fingerprint density at radius 3 is 2.83 bits per heavy atom. The molecule has 0 aliphatic heterocycles. The first-order valence-corrected chi connectivity index (χ1v) is 5.75. The molecule has 0 radical (unpaired) electrons. The number of rotatable bonds is 9. The summed E-state index contributed by atoms with van der Waals surface area (Å²) in [6.45, 7) is 4.53. The summed E-state index contributed by atoms with van der Waals surface area (Å²) >= 11 is 0. The van der Waals surface area contributed by atoms with E-state index in [1.165, 1.54) is 6.07 Å². The van der Waals surface area contributed by atoms with Crippen molar-refractivity contribution in [1.29, 1.82) is 0 Å². The SMILES string of the molecule is COCCOCCNCc1cc(C(=O)O)c(C)o1. The molecule has 0 aliphatic carbocycles. The first-order chi connectivity index (χ1) is 8.65. The molecular weight excluding hydrogens is 238 g/mol. The molecule has 102 valence electrons. The monoisotopic (exact) mass is 257 g/mol. The summed E-state index contributed by atoms with van der Waals surface area (Å²) in [5, 5.41) is 12.0. The van der Waals surface area contributed by atoms with Crippen LogP contribution in [0, 0.1) is 6.92 Å². The molecule has 0 bridgehead atoms. The summed E-state index contributed by atoms with van der Waals surface area (Å²) in [5.74, 6) is 0.0721. The van der Waals surface area contributed by atoms with Gasteiger partial charge in [-0.1, -0.05) is 0 Å². The van der Waals surface area contributed by atoms with Gasteiger partial charge >= 0.3 is 5.97 Å². The molecular formula is C12H19NO5. The van der Waals surface area contributed by atoms with Crippen LogP contribution < -0.4 is 5.32 Å². The molecule has 0 amide bonds. The third-order valence-electron chi connectivity index (χ3n) is 2.35. The van der Waals surface area contributed by atoms with Crippen molar-refractivity contribution in [1.82, 2.24) is 5.32 Å². The molecule has 1 aromatic heterocycles. The molecule has 1 aromatic rings. The third-order valence-corrected chi connectivity index (χ3v) is 2.35. The lowest BCUT2D eigenvalue weighted by atomic mass is 10.2. The average Bonchev–Trinajstić information content (AvgIpc) is 2.69. The van der Waals surface area contributed by atoms with Gasteiger partial charge < -0.3 is 24.3 Å². The molecule has 0 unspecified atom stereocenters. The van der Waals surface area contributed by atoms with Crippen LogP contribution in [-0.4, -0.2) is 44.6 Å². The Morgan fingerprint density at radius 2 is 2.22 bits per heavy atom. The molecule has 2 N–H and O–H groups in total. The van der Waals surface area contributed by atoms with Gasteiger partial charge in [-0.15, -0.1) is 0 Å². The molecule has 1 rings (SSSR count). The van der Waals surface area contributed by atoms with Crippen molar-refractivity contribution < 1.29 is 23.8 Å². The summed E-state index contributed by atoms with van der Waals surface area (Å²) < 4.78 is 15.4. The van der Waals surface area contributed by atoms with Gasteiger partial charge in [0.2, 0.25) is 0 Å². The maximum absolute atomic E-state index is 10.8. The number of carboxylic acids is 1. The fourth-order valence-electron chi connectivity index (χ4n) is 1.44. The maximum atomic E-state index is 10.8. The smallest absolute Gasteiger partial charge is 0.339 e. The van der Waals surface area contributed by atoms with E-state index in [9.17, 15) is 4.79 Å². The molecule has 0 fully saturated rings. The summed E-state index contributed by atoms with van der Waals surface area (Å²) in [7, 11) is 1.63. The highest BCUT2D eigenvalue weighted by Gasteiger charge is 2.12. The van der Waals surface area contributed by atoms with Crippen molar-refractivity contribution in [2.24, 2.45) is 0 Å². The number of nitrogens with one attached hydrogen (secondary N) is 1. The van der Waals surface area contributed by atoms with Gasteiger partial charge in [-0.3, -0.25) is 0 Å². The third kappa shape index (κ3) is 4.87. The number of hydrogen-bond donors (Lipinski definition) is 2. The van der Waals surface area contributed by atoms with E-state index >= 15 is 0 Å². The number of carboxylic acid groups (broad SMARTS) is 1. The number of aromatic carboxylic acids is 1. The number of carbonyl (C=O) groups is 1. The van der Waals surface area contributed by atoms with Crippen LogP contribution in [0.2, 0.25) is 0 Å². The van der Waals surface area contributed by atoms with Crippen LogP contribution in [0.5, 0.6) is 0 Å². The molecule has 1 heterocycles. The summed E-state index contributed by atoms with van der Waals surface area (Å²) in [6.07, 6.45) is 0. The van der Waals surface area contributed by atoms with Crippen LogP contribution in [0.1, 0.15) is 21.9 Å². The van der Waals surface area contributed by atoms with Gasteiger partial charge in [0.25, 0.3) is 0 Å². The second kappa shape index (κ2) is 7.86. The molecule has 6 nitrogen and oxygen atoms in total. The van der Waals surface area contributed by atoms with E-state index in [4.69, 9.17) is 19.0 Å². The Bertz CT molecular complexity index is 375. The highest BCUT2D eigenvalue weighted by Crippen LogP contribution is 2.14. The highest BCUT2D eigenvalue weighted by atomic mass is 16.5. The topological polar surface area (TPSA) is 80.9 Å². The molecule has 0 aliphatic rings. The van der Waals surface area contributed by atoms with E-state index in [1.54, 1.807) is 14.0 Å². The van der Waals surface area contributed by atoms with E-state index in [0.717, 1.165) is 0 Å². The Morgan fingerprint density at radius 1 is 1.44 bits per heavy atom. The van der Waals surface area contributed by atoms with Gasteiger partial charge in [0.1, 0.15) is 17.1 Å². The summed E-state index contributed by atoms with van der Waals surface area (Å²) in [6, 6.07) is 1.54. The number of hydrogen-bond acceptors (Lipinski definition) is 5. The standard InChI is InChI=1S/C12H19NO5/c1-9-11(12(14)15)7-10(18-9)8-13-3-4-17-6-5-16-2/h7,13H,3-6,8H2,1-2H3,(H,14,15). The van der Waals surface area contributed by atoms with Crippen LogP contribution in [0.25, 0.3) is 0 Å². The Labute approximate surface area is 106 Å². The molecule has 0 saturated carbocycles. The largest absolute Gasteiger partial charge is 0.478 e. The highest BCUT2D eigenvalue weighted by molar-refractivity contribution is 5.88. The molecule has 6 heteroatoms. The van der Waals surface area contributed by atoms with E-state index in [1.807, 2.05) is 0 Å². The number of furan rings is 1. The summed E-state index contributed by atoms with van der Waals surface area (Å²) in [4.78, 5) is 10.8. The zero-order valence-electron chi connectivity index (χ0n) is 10.7. The minimum absolute atomic E-state index is 0.211. The van der Waals surface area contributed by atoms with Crippen molar-refractivity contribution in [2.75, 3.05) is 33.5 Å². The second-order valence-electron chi connectivity index (χ2n) is 3.77. The lowest BCUT2D eigenvalue weighted by molar-refractivity contribution is 0.0695. The molecule has 0 atom stereocenters. The van der Waals surface area contributed by atoms with E-state index in [-0.39, 0.29) is 5.56 Å². The predicted octanol–water partition coefficient (Wildman–Crippen LogP) is 1.04. The Kier molecular flexibility index (Phi) is 6.42. The fourth-order valence-corrected chi connectivity index (χ4v) is 1.44. The van der Waals surface area contributed by atoms with Gasteiger partial charge in [-0.25, -0.2) is 4.79 Å². The lowest BCUT2D eigenvalue weighted by Gasteiger charge is -2.04. The van der Waals surface area contributed by atoms with Crippen LogP contribution in [0.4, 0.5) is 0 Å². The minimum atomic E-state index is -0.967. The quantitative estimate of drug-likeness (QED) is 0.643. The molecule has 0 saturated heterocycles. The van der Waals surface area contributed by atoms with Crippen LogP contribution in [0.15, 0.2) is 10.5 Å². The minimum Gasteiger partial charge on any atom is -0.478 e. The van der Waals surface area contributed by atoms with Crippen molar-refractivity contribution in [3.8, 4) is 0 Å². The van der Waals surface area contributed by atoms with Gasteiger partial charge in [0, 0.05) is 13.7 Å². The number of aryl methyl sites for hydroxylation is 1. The van der Waals surface area contributed by atoms with Crippen molar-refractivity contribution in [3.05, 3.63) is 23.2 Å². The van der Waals surface area contributed by atoms with E-state index < -0.39 is 5.97 Å². The number of ether oxygens (including phenoxy) is 2. The first-order valence-electron chi connectivity index (χ1n) is 5.75. The average molecular weight is 257 g/mol. The van der Waals surface area contributed by atoms with Crippen molar-refractivity contribution >= 4 is 5.97 Å². The fraction of sp³-hybridized carbons (Fsp3) is 0.583. The lowest BCUT2D eigenvalue weighted by Crippen LogP contribution is -2.19. The van der Waals surface area contributed by atoms with Gasteiger partial charge in [0.15, 0.2) is 0 Å². The van der Waals surface area contributed by atoms with Gasteiger partial charge in [-0.05, 0) is 13.0 Å². The number of methoxy groups -OCH3 is 1. The first kappa shape index (κ1) is 14.7. The van der Waals surface area contributed by atoms with Gasteiger partial charge in [-0.2, -0.15) is 0 Å². The Hall–Kier alpha value is -1.37. The van der Waals surface area contributed by atoms with Gasteiger partial charge in [0.05, 0.1) is 26.4 Å². The molecule has 0 spiro atoms. The van der Waals surface area contributed by atoms with Crippen LogP contribution in [-0.2, 0) is 16.0 Å². The second-order valence-corrected chi connectivity index (χ2v) is 3.77. The van der Waals surface area contributed by atoms with E-state index in [2.05, 4.69) is 5.32 Å². The van der Waals surface area contributed by atoms with Crippen LogP contribution >= 0.6 is 0 Å². The zero-order chi connectivity index (χ0) is 13.4.